The second-order valence-corrected chi connectivity index (χ2v) is 6.38. The van der Waals surface area contributed by atoms with Crippen LogP contribution in [0.2, 0.25) is 0 Å². The van der Waals surface area contributed by atoms with Gasteiger partial charge in [-0.3, -0.25) is 4.79 Å². The van der Waals surface area contributed by atoms with E-state index in [1.165, 1.54) is 19.3 Å². The lowest BCUT2D eigenvalue weighted by molar-refractivity contribution is 0.102. The number of para-hydroxylation sites is 2. The van der Waals surface area contributed by atoms with Crippen molar-refractivity contribution in [1.82, 2.24) is 0 Å². The van der Waals surface area contributed by atoms with Crippen LogP contribution in [0.5, 0.6) is 11.5 Å². The van der Waals surface area contributed by atoms with Crippen LogP contribution in [0.15, 0.2) is 42.5 Å². The number of carbonyl (C=O) groups excluding carboxylic acids is 1. The van der Waals surface area contributed by atoms with Crippen molar-refractivity contribution in [2.24, 2.45) is 0 Å². The van der Waals surface area contributed by atoms with Crippen LogP contribution in [-0.2, 0) is 0 Å². The van der Waals surface area contributed by atoms with Crippen molar-refractivity contribution in [3.05, 3.63) is 48.0 Å². The highest BCUT2D eigenvalue weighted by atomic mass is 16.6. The first-order chi connectivity index (χ1) is 12.3. The number of amides is 1. The first kappa shape index (κ1) is 15.8. The predicted molar refractivity (Wildman–Crippen MR) is 97.9 cm³/mol. The van der Waals surface area contributed by atoms with Gasteiger partial charge in [-0.05, 0) is 49.6 Å². The van der Waals surface area contributed by atoms with Crippen molar-refractivity contribution in [3.63, 3.8) is 0 Å². The summed E-state index contributed by atoms with van der Waals surface area (Å²) in [5.41, 5.74) is 2.51. The molecule has 2 aromatic carbocycles. The minimum absolute atomic E-state index is 0.138. The van der Waals surface area contributed by atoms with Gasteiger partial charge in [0.15, 0.2) is 11.5 Å². The molecule has 0 bridgehead atoms. The zero-order valence-corrected chi connectivity index (χ0v) is 14.2. The highest BCUT2D eigenvalue weighted by Gasteiger charge is 2.18. The molecule has 5 heteroatoms. The Morgan fingerprint density at radius 2 is 1.68 bits per heavy atom. The number of carbonyl (C=O) groups is 1. The van der Waals surface area contributed by atoms with Crippen LogP contribution < -0.4 is 19.7 Å². The van der Waals surface area contributed by atoms with Crippen LogP contribution in [0.4, 0.5) is 11.4 Å². The van der Waals surface area contributed by atoms with Crippen LogP contribution in [0, 0.1) is 0 Å². The third kappa shape index (κ3) is 3.40. The molecule has 0 aromatic heterocycles. The molecule has 0 saturated carbocycles. The number of hydrogen-bond acceptors (Lipinski definition) is 4. The summed E-state index contributed by atoms with van der Waals surface area (Å²) in [7, 11) is 0. The molecule has 1 fully saturated rings. The minimum atomic E-state index is -0.138. The summed E-state index contributed by atoms with van der Waals surface area (Å²) in [4.78, 5) is 15.1. The van der Waals surface area contributed by atoms with E-state index in [0.717, 1.165) is 24.5 Å². The van der Waals surface area contributed by atoms with Gasteiger partial charge in [0.25, 0.3) is 5.91 Å². The Morgan fingerprint density at radius 1 is 0.920 bits per heavy atom. The molecule has 0 spiro atoms. The Bertz CT molecular complexity index is 769. The fraction of sp³-hybridized carbons (Fsp3) is 0.350. The van der Waals surface area contributed by atoms with E-state index in [-0.39, 0.29) is 5.91 Å². The number of rotatable bonds is 3. The molecule has 1 amide bonds. The van der Waals surface area contributed by atoms with Gasteiger partial charge < -0.3 is 19.7 Å². The third-order valence-electron chi connectivity index (χ3n) is 4.65. The summed E-state index contributed by atoms with van der Waals surface area (Å²) < 4.78 is 11.1. The molecule has 2 aliphatic rings. The molecule has 0 radical (unpaired) electrons. The topological polar surface area (TPSA) is 50.8 Å². The molecule has 130 valence electrons. The highest BCUT2D eigenvalue weighted by molar-refractivity contribution is 6.06. The van der Waals surface area contributed by atoms with Crippen LogP contribution >= 0.6 is 0 Å². The molecule has 2 heterocycles. The number of fused-ring (bicyclic) bond motifs is 1. The van der Waals surface area contributed by atoms with Crippen molar-refractivity contribution >= 4 is 17.3 Å². The monoisotopic (exact) mass is 338 g/mol. The summed E-state index contributed by atoms with van der Waals surface area (Å²) >= 11 is 0. The van der Waals surface area contributed by atoms with Crippen LogP contribution in [0.1, 0.15) is 29.6 Å². The van der Waals surface area contributed by atoms with Gasteiger partial charge in [-0.15, -0.1) is 0 Å². The van der Waals surface area contributed by atoms with E-state index in [9.17, 15) is 4.79 Å². The lowest BCUT2D eigenvalue weighted by Gasteiger charge is -2.30. The maximum atomic E-state index is 12.7. The average molecular weight is 338 g/mol. The molecule has 2 aliphatic heterocycles. The Balaban J connectivity index is 1.55. The quantitative estimate of drug-likeness (QED) is 0.927. The summed E-state index contributed by atoms with van der Waals surface area (Å²) in [6.45, 7) is 3.13. The smallest absolute Gasteiger partial charge is 0.255 e. The van der Waals surface area contributed by atoms with Gasteiger partial charge in [-0.25, -0.2) is 0 Å². The standard InChI is InChI=1S/C20H22N2O3/c23-20(15-8-9-18-19(14-15)25-13-12-24-18)21-16-6-2-3-7-17(16)22-10-4-1-5-11-22/h2-3,6-9,14H,1,4-5,10-13H2,(H,21,23). The van der Waals surface area contributed by atoms with E-state index in [0.29, 0.717) is 30.3 Å². The van der Waals surface area contributed by atoms with Gasteiger partial charge >= 0.3 is 0 Å². The predicted octanol–water partition coefficient (Wildman–Crippen LogP) is 3.70. The van der Waals surface area contributed by atoms with E-state index in [4.69, 9.17) is 9.47 Å². The molecule has 0 atom stereocenters. The summed E-state index contributed by atoms with van der Waals surface area (Å²) in [6.07, 6.45) is 3.68. The third-order valence-corrected chi connectivity index (χ3v) is 4.65. The number of hydrogen-bond donors (Lipinski definition) is 1. The lowest BCUT2D eigenvalue weighted by atomic mass is 10.1. The first-order valence-electron chi connectivity index (χ1n) is 8.86. The fourth-order valence-corrected chi connectivity index (χ4v) is 3.37. The van der Waals surface area contributed by atoms with Crippen LogP contribution in [0.3, 0.4) is 0 Å². The maximum Gasteiger partial charge on any atom is 0.255 e. The molecule has 0 aliphatic carbocycles. The number of anilines is 2. The minimum Gasteiger partial charge on any atom is -0.486 e. The Labute approximate surface area is 147 Å². The number of nitrogens with zero attached hydrogens (tertiary/aromatic N) is 1. The van der Waals surface area contributed by atoms with Crippen molar-refractivity contribution in [2.75, 3.05) is 36.5 Å². The molecule has 25 heavy (non-hydrogen) atoms. The SMILES string of the molecule is O=C(Nc1ccccc1N1CCCCC1)c1ccc2c(c1)OCCO2. The van der Waals surface area contributed by atoms with Crippen molar-refractivity contribution in [2.45, 2.75) is 19.3 Å². The van der Waals surface area contributed by atoms with Crippen molar-refractivity contribution < 1.29 is 14.3 Å². The Kier molecular flexibility index (Phi) is 4.46. The normalized spacial score (nSPS) is 16.4. The van der Waals surface area contributed by atoms with E-state index in [1.54, 1.807) is 18.2 Å². The molecular formula is C20H22N2O3. The summed E-state index contributed by atoms with van der Waals surface area (Å²) in [6, 6.07) is 13.3. The lowest BCUT2D eigenvalue weighted by Crippen LogP contribution is -2.30. The van der Waals surface area contributed by atoms with Crippen LogP contribution in [0.25, 0.3) is 0 Å². The van der Waals surface area contributed by atoms with Crippen molar-refractivity contribution in [1.29, 1.82) is 0 Å². The van der Waals surface area contributed by atoms with E-state index >= 15 is 0 Å². The van der Waals surface area contributed by atoms with Gasteiger partial charge in [-0.2, -0.15) is 0 Å². The molecule has 1 N–H and O–H groups in total. The average Bonchev–Trinajstić information content (AvgIpc) is 2.68. The maximum absolute atomic E-state index is 12.7. The van der Waals surface area contributed by atoms with Gasteiger partial charge in [0.05, 0.1) is 11.4 Å². The number of benzene rings is 2. The molecule has 1 saturated heterocycles. The zero-order chi connectivity index (χ0) is 17.1. The Hall–Kier alpha value is -2.69. The van der Waals surface area contributed by atoms with E-state index < -0.39 is 0 Å². The van der Waals surface area contributed by atoms with Gasteiger partial charge in [0, 0.05) is 18.7 Å². The van der Waals surface area contributed by atoms with Crippen molar-refractivity contribution in [3.8, 4) is 11.5 Å². The number of piperidine rings is 1. The number of ether oxygens (including phenoxy) is 2. The van der Waals surface area contributed by atoms with E-state index in [2.05, 4.69) is 16.3 Å². The largest absolute Gasteiger partial charge is 0.486 e. The fourth-order valence-electron chi connectivity index (χ4n) is 3.37. The van der Waals surface area contributed by atoms with Gasteiger partial charge in [-0.1, -0.05) is 12.1 Å². The molecular weight excluding hydrogens is 316 g/mol. The highest BCUT2D eigenvalue weighted by Crippen LogP contribution is 2.32. The molecule has 4 rings (SSSR count). The van der Waals surface area contributed by atoms with Gasteiger partial charge in [0.1, 0.15) is 13.2 Å². The second kappa shape index (κ2) is 7.05. The first-order valence-corrected chi connectivity index (χ1v) is 8.86. The zero-order valence-electron chi connectivity index (χ0n) is 14.2. The molecule has 5 nitrogen and oxygen atoms in total. The van der Waals surface area contributed by atoms with Crippen LogP contribution in [-0.4, -0.2) is 32.2 Å². The van der Waals surface area contributed by atoms with Gasteiger partial charge in [0.2, 0.25) is 0 Å². The second-order valence-electron chi connectivity index (χ2n) is 6.38. The number of nitrogens with one attached hydrogen (secondary N) is 1. The molecule has 0 unspecified atom stereocenters. The molecule has 2 aromatic rings. The van der Waals surface area contributed by atoms with E-state index in [1.807, 2.05) is 18.2 Å². The Morgan fingerprint density at radius 3 is 2.52 bits per heavy atom. The summed E-state index contributed by atoms with van der Waals surface area (Å²) in [5, 5.41) is 3.05. The summed E-state index contributed by atoms with van der Waals surface area (Å²) in [5.74, 6) is 1.18.